The number of ether oxygens (including phenoxy) is 1. The number of hydrogen-bond donors (Lipinski definition) is 3. The first-order valence-electron chi connectivity index (χ1n) is 9.32. The van der Waals surface area contributed by atoms with Gasteiger partial charge in [-0.3, -0.25) is 4.79 Å². The van der Waals surface area contributed by atoms with Crippen LogP contribution in [0, 0.1) is 0 Å². The van der Waals surface area contributed by atoms with E-state index in [0.717, 1.165) is 36.6 Å². The molecule has 0 bridgehead atoms. The third-order valence-electron chi connectivity index (χ3n) is 3.90. The molecule has 0 aliphatic rings. The second kappa shape index (κ2) is 11.3. The normalized spacial score (nSPS) is 10.4. The van der Waals surface area contributed by atoms with Crippen LogP contribution >= 0.6 is 12.2 Å². The van der Waals surface area contributed by atoms with Crippen molar-refractivity contribution in [2.45, 2.75) is 13.3 Å². The van der Waals surface area contributed by atoms with E-state index >= 15 is 0 Å². The molecule has 7 heteroatoms. The van der Waals surface area contributed by atoms with E-state index in [4.69, 9.17) is 17.0 Å². The van der Waals surface area contributed by atoms with Crippen molar-refractivity contribution in [3.63, 3.8) is 0 Å². The standard InChI is InChI=1S/C21H28N4O2S/c1-4-27-19-12-10-17(11-13-19)23-20(26)16-6-8-18(9-7-16)24-21(28)22-14-5-15-25(2)3/h6-13H,4-5,14-15H2,1-3H3,(H,23,26)(H2,22,24,28). The van der Waals surface area contributed by atoms with Crippen LogP contribution in [0.4, 0.5) is 11.4 Å². The molecule has 150 valence electrons. The lowest BCUT2D eigenvalue weighted by molar-refractivity contribution is 0.102. The molecule has 0 aliphatic heterocycles. The number of amides is 1. The average Bonchev–Trinajstić information content (AvgIpc) is 2.67. The molecular formula is C21H28N4O2S. The average molecular weight is 401 g/mol. The van der Waals surface area contributed by atoms with Gasteiger partial charge < -0.3 is 25.6 Å². The van der Waals surface area contributed by atoms with Crippen LogP contribution in [0.25, 0.3) is 0 Å². The van der Waals surface area contributed by atoms with Crippen molar-refractivity contribution in [1.29, 1.82) is 0 Å². The van der Waals surface area contributed by atoms with Gasteiger partial charge in [-0.25, -0.2) is 0 Å². The molecule has 3 N–H and O–H groups in total. The first-order valence-corrected chi connectivity index (χ1v) is 9.72. The lowest BCUT2D eigenvalue weighted by atomic mass is 10.2. The SMILES string of the molecule is CCOc1ccc(NC(=O)c2ccc(NC(=S)NCCCN(C)C)cc2)cc1. The minimum atomic E-state index is -0.167. The van der Waals surface area contributed by atoms with Crippen molar-refractivity contribution in [3.05, 3.63) is 54.1 Å². The summed E-state index contributed by atoms with van der Waals surface area (Å²) in [5, 5.41) is 9.75. The fourth-order valence-electron chi connectivity index (χ4n) is 2.48. The lowest BCUT2D eigenvalue weighted by Gasteiger charge is -2.13. The molecule has 2 rings (SSSR count). The van der Waals surface area contributed by atoms with Crippen LogP contribution in [0.15, 0.2) is 48.5 Å². The summed E-state index contributed by atoms with van der Waals surface area (Å²) in [6, 6.07) is 14.5. The molecule has 28 heavy (non-hydrogen) atoms. The number of benzene rings is 2. The Morgan fingerprint density at radius 2 is 1.61 bits per heavy atom. The second-order valence-electron chi connectivity index (χ2n) is 6.53. The highest BCUT2D eigenvalue weighted by Gasteiger charge is 2.07. The predicted molar refractivity (Wildman–Crippen MR) is 119 cm³/mol. The molecule has 0 spiro atoms. The lowest BCUT2D eigenvalue weighted by Crippen LogP contribution is -2.30. The third kappa shape index (κ3) is 7.54. The minimum Gasteiger partial charge on any atom is -0.494 e. The van der Waals surface area contributed by atoms with Gasteiger partial charge in [0.25, 0.3) is 5.91 Å². The van der Waals surface area contributed by atoms with E-state index in [-0.39, 0.29) is 5.91 Å². The molecule has 1 amide bonds. The summed E-state index contributed by atoms with van der Waals surface area (Å²) in [4.78, 5) is 14.5. The van der Waals surface area contributed by atoms with Gasteiger partial charge in [0.2, 0.25) is 0 Å². The van der Waals surface area contributed by atoms with Gasteiger partial charge >= 0.3 is 0 Å². The Morgan fingerprint density at radius 1 is 1.00 bits per heavy atom. The van der Waals surface area contributed by atoms with Crippen LogP contribution in [0.2, 0.25) is 0 Å². The van der Waals surface area contributed by atoms with Gasteiger partial charge in [-0.15, -0.1) is 0 Å². The molecule has 0 unspecified atom stereocenters. The van der Waals surface area contributed by atoms with Gasteiger partial charge in [0.05, 0.1) is 6.61 Å². The van der Waals surface area contributed by atoms with E-state index in [1.807, 2.05) is 57.4 Å². The van der Waals surface area contributed by atoms with Gasteiger partial charge in [-0.1, -0.05) is 0 Å². The number of thiocarbonyl (C=S) groups is 1. The van der Waals surface area contributed by atoms with Crippen LogP contribution in [0.1, 0.15) is 23.7 Å². The zero-order chi connectivity index (χ0) is 20.4. The Kier molecular flexibility index (Phi) is 8.71. The molecule has 0 radical (unpaired) electrons. The molecule has 0 heterocycles. The summed E-state index contributed by atoms with van der Waals surface area (Å²) in [6.45, 7) is 4.36. The smallest absolute Gasteiger partial charge is 0.255 e. The highest BCUT2D eigenvalue weighted by molar-refractivity contribution is 7.80. The van der Waals surface area contributed by atoms with Gasteiger partial charge in [0.1, 0.15) is 5.75 Å². The fourth-order valence-corrected chi connectivity index (χ4v) is 2.70. The van der Waals surface area contributed by atoms with Crippen molar-refractivity contribution in [2.75, 3.05) is 44.4 Å². The molecular weight excluding hydrogens is 372 g/mol. The molecule has 0 fully saturated rings. The molecule has 0 aromatic heterocycles. The van der Waals surface area contributed by atoms with Crippen molar-refractivity contribution in [3.8, 4) is 5.75 Å². The van der Waals surface area contributed by atoms with E-state index in [9.17, 15) is 4.79 Å². The Labute approximate surface area is 172 Å². The van der Waals surface area contributed by atoms with Gasteiger partial charge in [-0.2, -0.15) is 0 Å². The zero-order valence-corrected chi connectivity index (χ0v) is 17.4. The summed E-state index contributed by atoms with van der Waals surface area (Å²) < 4.78 is 5.40. The number of hydrogen-bond acceptors (Lipinski definition) is 4. The Morgan fingerprint density at radius 3 is 2.21 bits per heavy atom. The van der Waals surface area contributed by atoms with Crippen molar-refractivity contribution < 1.29 is 9.53 Å². The third-order valence-corrected chi connectivity index (χ3v) is 4.14. The van der Waals surface area contributed by atoms with Crippen LogP contribution in [-0.2, 0) is 0 Å². The highest BCUT2D eigenvalue weighted by atomic mass is 32.1. The minimum absolute atomic E-state index is 0.167. The number of nitrogens with zero attached hydrogens (tertiary/aromatic N) is 1. The number of anilines is 2. The molecule has 6 nitrogen and oxygen atoms in total. The predicted octanol–water partition coefficient (Wildman–Crippen LogP) is 3.58. The summed E-state index contributed by atoms with van der Waals surface area (Å²) in [6.07, 6.45) is 1.01. The largest absolute Gasteiger partial charge is 0.494 e. The van der Waals surface area contributed by atoms with Crippen LogP contribution in [0.5, 0.6) is 5.75 Å². The first-order chi connectivity index (χ1) is 13.5. The van der Waals surface area contributed by atoms with Gasteiger partial charge in [-0.05, 0) is 94.7 Å². The molecule has 0 saturated heterocycles. The number of nitrogens with one attached hydrogen (secondary N) is 3. The zero-order valence-electron chi connectivity index (χ0n) is 16.6. The fraction of sp³-hybridized carbons (Fsp3) is 0.333. The van der Waals surface area contributed by atoms with Crippen LogP contribution < -0.4 is 20.7 Å². The van der Waals surface area contributed by atoms with E-state index in [0.29, 0.717) is 17.3 Å². The number of carbonyl (C=O) groups excluding carboxylic acids is 1. The topological polar surface area (TPSA) is 65.6 Å². The van der Waals surface area contributed by atoms with E-state index in [2.05, 4.69) is 20.9 Å². The summed E-state index contributed by atoms with van der Waals surface area (Å²) in [5.74, 6) is 0.613. The maximum atomic E-state index is 12.4. The number of carbonyl (C=O) groups is 1. The van der Waals surface area contributed by atoms with Gasteiger partial charge in [0.15, 0.2) is 5.11 Å². The molecule has 2 aromatic rings. The Balaban J connectivity index is 1.82. The summed E-state index contributed by atoms with van der Waals surface area (Å²) >= 11 is 5.29. The highest BCUT2D eigenvalue weighted by Crippen LogP contribution is 2.17. The van der Waals surface area contributed by atoms with Gasteiger partial charge in [0, 0.05) is 23.5 Å². The number of rotatable bonds is 9. The van der Waals surface area contributed by atoms with E-state index in [1.165, 1.54) is 0 Å². The van der Waals surface area contributed by atoms with Crippen molar-refractivity contribution in [1.82, 2.24) is 10.2 Å². The maximum Gasteiger partial charge on any atom is 0.255 e. The van der Waals surface area contributed by atoms with Crippen molar-refractivity contribution in [2.24, 2.45) is 0 Å². The molecule has 0 atom stereocenters. The van der Waals surface area contributed by atoms with E-state index in [1.54, 1.807) is 12.1 Å². The van der Waals surface area contributed by atoms with Crippen LogP contribution in [0.3, 0.4) is 0 Å². The molecule has 0 aliphatic carbocycles. The molecule has 2 aromatic carbocycles. The Hall–Kier alpha value is -2.64. The van der Waals surface area contributed by atoms with Crippen LogP contribution in [-0.4, -0.2) is 49.7 Å². The van der Waals surface area contributed by atoms with E-state index < -0.39 is 0 Å². The molecule has 0 saturated carbocycles. The first kappa shape index (κ1) is 21.7. The van der Waals surface area contributed by atoms with Crippen molar-refractivity contribution >= 4 is 34.6 Å². The maximum absolute atomic E-state index is 12.4. The summed E-state index contributed by atoms with van der Waals surface area (Å²) in [5.41, 5.74) is 2.13. The second-order valence-corrected chi connectivity index (χ2v) is 6.93. The monoisotopic (exact) mass is 400 g/mol. The quantitative estimate of drug-likeness (QED) is 0.442. The Bertz CT molecular complexity index is 761. The summed E-state index contributed by atoms with van der Waals surface area (Å²) in [7, 11) is 4.09.